The van der Waals surface area contributed by atoms with Gasteiger partial charge < -0.3 is 24.8 Å². The van der Waals surface area contributed by atoms with Crippen LogP contribution in [0.15, 0.2) is 17.1 Å². The SMILES string of the molecule is CCCN1C(=O)N=C(N)C1c1cc(OC)c2c(c1)OCO2. The Morgan fingerprint density at radius 2 is 2.29 bits per heavy atom. The van der Waals surface area contributed by atoms with E-state index in [0.717, 1.165) is 12.0 Å². The number of amidine groups is 1. The topological polar surface area (TPSA) is 86.4 Å². The quantitative estimate of drug-likeness (QED) is 0.911. The molecule has 7 nitrogen and oxygen atoms in total. The lowest BCUT2D eigenvalue weighted by Gasteiger charge is -2.24. The summed E-state index contributed by atoms with van der Waals surface area (Å²) in [6, 6.07) is 2.93. The molecule has 3 rings (SSSR count). The third-order valence-electron chi connectivity index (χ3n) is 3.52. The Morgan fingerprint density at radius 1 is 1.48 bits per heavy atom. The number of benzene rings is 1. The second-order valence-corrected chi connectivity index (χ2v) is 4.87. The molecule has 0 aromatic heterocycles. The maximum atomic E-state index is 11.9. The van der Waals surface area contributed by atoms with E-state index in [9.17, 15) is 4.79 Å². The number of methoxy groups -OCH3 is 1. The van der Waals surface area contributed by atoms with Gasteiger partial charge in [-0.1, -0.05) is 6.92 Å². The van der Waals surface area contributed by atoms with Crippen LogP contribution >= 0.6 is 0 Å². The number of rotatable bonds is 4. The average Bonchev–Trinajstić information content (AvgIpc) is 3.03. The molecule has 1 aromatic rings. The molecule has 2 amide bonds. The average molecular weight is 291 g/mol. The smallest absolute Gasteiger partial charge is 0.346 e. The Kier molecular flexibility index (Phi) is 3.32. The van der Waals surface area contributed by atoms with E-state index < -0.39 is 0 Å². The first-order valence-corrected chi connectivity index (χ1v) is 6.78. The Labute approximate surface area is 122 Å². The predicted molar refractivity (Wildman–Crippen MR) is 75.9 cm³/mol. The van der Waals surface area contributed by atoms with Crippen LogP contribution in [-0.4, -0.2) is 37.2 Å². The molecule has 0 spiro atoms. The van der Waals surface area contributed by atoms with Crippen molar-refractivity contribution in [1.82, 2.24) is 4.90 Å². The van der Waals surface area contributed by atoms with E-state index >= 15 is 0 Å². The summed E-state index contributed by atoms with van der Waals surface area (Å²) in [5.41, 5.74) is 6.74. The molecule has 2 heterocycles. The van der Waals surface area contributed by atoms with Crippen molar-refractivity contribution in [3.05, 3.63) is 17.7 Å². The van der Waals surface area contributed by atoms with Crippen molar-refractivity contribution in [3.8, 4) is 17.2 Å². The van der Waals surface area contributed by atoms with Crippen LogP contribution < -0.4 is 19.9 Å². The lowest BCUT2D eigenvalue weighted by Crippen LogP contribution is -2.33. The highest BCUT2D eigenvalue weighted by molar-refractivity contribution is 6.03. The van der Waals surface area contributed by atoms with Crippen molar-refractivity contribution in [1.29, 1.82) is 0 Å². The fraction of sp³-hybridized carbons (Fsp3) is 0.429. The molecule has 0 aliphatic carbocycles. The summed E-state index contributed by atoms with van der Waals surface area (Å²) in [6.07, 6.45) is 0.826. The fourth-order valence-corrected chi connectivity index (χ4v) is 2.63. The summed E-state index contributed by atoms with van der Waals surface area (Å²) >= 11 is 0. The van der Waals surface area contributed by atoms with E-state index in [0.29, 0.717) is 23.8 Å². The van der Waals surface area contributed by atoms with Crippen molar-refractivity contribution in [3.63, 3.8) is 0 Å². The Bertz CT molecular complexity index is 614. The maximum absolute atomic E-state index is 11.9. The van der Waals surface area contributed by atoms with Gasteiger partial charge in [-0.3, -0.25) is 0 Å². The highest BCUT2D eigenvalue weighted by atomic mass is 16.7. The number of ether oxygens (including phenoxy) is 3. The van der Waals surface area contributed by atoms with Crippen molar-refractivity contribution in [2.75, 3.05) is 20.4 Å². The second kappa shape index (κ2) is 5.16. The van der Waals surface area contributed by atoms with E-state index in [4.69, 9.17) is 19.9 Å². The number of hydrogen-bond donors (Lipinski definition) is 1. The maximum Gasteiger partial charge on any atom is 0.346 e. The van der Waals surface area contributed by atoms with E-state index in [-0.39, 0.29) is 24.7 Å². The van der Waals surface area contributed by atoms with Crippen LogP contribution in [-0.2, 0) is 0 Å². The summed E-state index contributed by atoms with van der Waals surface area (Å²) in [5, 5.41) is 0. The van der Waals surface area contributed by atoms with Gasteiger partial charge in [-0.2, -0.15) is 4.99 Å². The second-order valence-electron chi connectivity index (χ2n) is 4.87. The van der Waals surface area contributed by atoms with Gasteiger partial charge in [-0.05, 0) is 24.1 Å². The van der Waals surface area contributed by atoms with Gasteiger partial charge in [-0.25, -0.2) is 4.79 Å². The van der Waals surface area contributed by atoms with Crippen LogP contribution in [0.4, 0.5) is 4.79 Å². The summed E-state index contributed by atoms with van der Waals surface area (Å²) in [7, 11) is 1.56. The number of nitrogens with zero attached hydrogens (tertiary/aromatic N) is 2. The summed E-state index contributed by atoms with van der Waals surface area (Å²) in [5.74, 6) is 2.01. The molecule has 0 bridgehead atoms. The fourth-order valence-electron chi connectivity index (χ4n) is 2.63. The van der Waals surface area contributed by atoms with Gasteiger partial charge in [-0.15, -0.1) is 0 Å². The Morgan fingerprint density at radius 3 is 3.00 bits per heavy atom. The van der Waals surface area contributed by atoms with Gasteiger partial charge in [0.25, 0.3) is 0 Å². The minimum absolute atomic E-state index is 0.154. The first-order chi connectivity index (χ1) is 10.2. The third kappa shape index (κ3) is 2.14. The van der Waals surface area contributed by atoms with Gasteiger partial charge in [0.15, 0.2) is 11.5 Å². The van der Waals surface area contributed by atoms with E-state index in [1.807, 2.05) is 19.1 Å². The monoisotopic (exact) mass is 291 g/mol. The van der Waals surface area contributed by atoms with E-state index in [1.54, 1.807) is 12.0 Å². The highest BCUT2D eigenvalue weighted by Gasteiger charge is 2.35. The van der Waals surface area contributed by atoms with Gasteiger partial charge in [0.05, 0.1) is 7.11 Å². The van der Waals surface area contributed by atoms with E-state index in [2.05, 4.69) is 4.99 Å². The molecule has 1 unspecified atom stereocenters. The van der Waals surface area contributed by atoms with Crippen LogP contribution in [0.5, 0.6) is 17.2 Å². The van der Waals surface area contributed by atoms with Crippen LogP contribution in [0.3, 0.4) is 0 Å². The molecule has 1 aromatic carbocycles. The van der Waals surface area contributed by atoms with Crippen LogP contribution in [0.25, 0.3) is 0 Å². The lowest BCUT2D eigenvalue weighted by molar-refractivity contribution is 0.171. The zero-order chi connectivity index (χ0) is 15.0. The third-order valence-corrected chi connectivity index (χ3v) is 3.52. The number of urea groups is 1. The molecular formula is C14H17N3O4. The Balaban J connectivity index is 2.03. The summed E-state index contributed by atoms with van der Waals surface area (Å²) < 4.78 is 16.1. The van der Waals surface area contributed by atoms with Gasteiger partial charge in [0.1, 0.15) is 11.9 Å². The molecule has 2 aliphatic rings. The van der Waals surface area contributed by atoms with Gasteiger partial charge in [0.2, 0.25) is 12.5 Å². The normalized spacial score (nSPS) is 19.9. The molecule has 7 heteroatoms. The van der Waals surface area contributed by atoms with Crippen molar-refractivity contribution >= 4 is 11.9 Å². The van der Waals surface area contributed by atoms with Gasteiger partial charge in [0, 0.05) is 6.54 Å². The van der Waals surface area contributed by atoms with Crippen LogP contribution in [0.2, 0.25) is 0 Å². The Hall–Kier alpha value is -2.44. The predicted octanol–water partition coefficient (Wildman–Crippen LogP) is 1.67. The zero-order valence-corrected chi connectivity index (χ0v) is 12.0. The number of carbonyl (C=O) groups is 1. The molecule has 112 valence electrons. The number of fused-ring (bicyclic) bond motifs is 1. The standard InChI is InChI=1S/C14H17N3O4/c1-3-4-17-11(13(15)16-14(17)18)8-5-9(19-2)12-10(6-8)20-7-21-12/h5-6,11H,3-4,7H2,1-2H3,(H2,15,16,18). The molecule has 1 atom stereocenters. The molecule has 0 fully saturated rings. The number of hydrogen-bond acceptors (Lipinski definition) is 5. The molecule has 0 radical (unpaired) electrons. The van der Waals surface area contributed by atoms with Crippen LogP contribution in [0, 0.1) is 0 Å². The molecule has 21 heavy (non-hydrogen) atoms. The molecule has 2 N–H and O–H groups in total. The zero-order valence-electron chi connectivity index (χ0n) is 12.0. The largest absolute Gasteiger partial charge is 0.493 e. The molecule has 0 saturated heterocycles. The number of amides is 2. The van der Waals surface area contributed by atoms with E-state index in [1.165, 1.54) is 0 Å². The number of nitrogens with two attached hydrogens (primary N) is 1. The number of carbonyl (C=O) groups excluding carboxylic acids is 1. The van der Waals surface area contributed by atoms with Crippen molar-refractivity contribution < 1.29 is 19.0 Å². The lowest BCUT2D eigenvalue weighted by atomic mass is 10.0. The summed E-state index contributed by atoms with van der Waals surface area (Å²) in [4.78, 5) is 17.4. The summed E-state index contributed by atoms with van der Waals surface area (Å²) in [6.45, 7) is 2.74. The molecular weight excluding hydrogens is 274 g/mol. The van der Waals surface area contributed by atoms with Crippen LogP contribution in [0.1, 0.15) is 24.9 Å². The number of aliphatic imine (C=N–C) groups is 1. The highest BCUT2D eigenvalue weighted by Crippen LogP contribution is 2.44. The minimum atomic E-state index is -0.388. The van der Waals surface area contributed by atoms with Gasteiger partial charge >= 0.3 is 6.03 Å². The first kappa shape index (κ1) is 13.5. The molecule has 2 aliphatic heterocycles. The van der Waals surface area contributed by atoms with Crippen molar-refractivity contribution in [2.24, 2.45) is 10.7 Å². The molecule has 0 saturated carbocycles. The van der Waals surface area contributed by atoms with Crippen molar-refractivity contribution in [2.45, 2.75) is 19.4 Å². The first-order valence-electron chi connectivity index (χ1n) is 6.78. The minimum Gasteiger partial charge on any atom is -0.493 e.